The van der Waals surface area contributed by atoms with Crippen LogP contribution in [-0.4, -0.2) is 45.0 Å². The second kappa shape index (κ2) is 13.4. The molecule has 0 bridgehead atoms. The minimum absolute atomic E-state index is 0. The molecule has 0 spiro atoms. The highest BCUT2D eigenvalue weighted by atomic mass is 79.9. The van der Waals surface area contributed by atoms with E-state index in [0.717, 1.165) is 23.3 Å². The van der Waals surface area contributed by atoms with E-state index in [1.54, 1.807) is 18.9 Å². The Kier molecular flexibility index (Phi) is 13.2. The second-order valence-electron chi connectivity index (χ2n) is 4.12. The lowest BCUT2D eigenvalue weighted by molar-refractivity contribution is -0.120. The summed E-state index contributed by atoms with van der Waals surface area (Å²) >= 11 is 5.18. The van der Waals surface area contributed by atoms with Crippen molar-refractivity contribution in [1.29, 1.82) is 0 Å². The number of benzene rings is 1. The van der Waals surface area contributed by atoms with Gasteiger partial charge in [0.2, 0.25) is 5.91 Å². The third-order valence-electron chi connectivity index (χ3n) is 2.53. The van der Waals surface area contributed by atoms with E-state index in [2.05, 4.69) is 26.6 Å². The van der Waals surface area contributed by atoms with Crippen molar-refractivity contribution < 1.29 is 9.53 Å². The predicted molar refractivity (Wildman–Crippen MR) is 94.5 cm³/mol. The van der Waals surface area contributed by atoms with Crippen molar-refractivity contribution in [2.45, 2.75) is 11.3 Å². The van der Waals surface area contributed by atoms with Crippen molar-refractivity contribution >= 4 is 46.0 Å². The lowest BCUT2D eigenvalue weighted by atomic mass is 10.4. The minimum Gasteiger partial charge on any atom is -0.383 e. The monoisotopic (exact) mass is 396 g/mol. The van der Waals surface area contributed by atoms with Gasteiger partial charge in [-0.1, -0.05) is 12.1 Å². The molecule has 0 aromatic heterocycles. The van der Waals surface area contributed by atoms with Crippen LogP contribution in [0, 0.1) is 0 Å². The van der Waals surface area contributed by atoms with Crippen molar-refractivity contribution in [1.82, 2.24) is 10.6 Å². The van der Waals surface area contributed by atoms with Gasteiger partial charge in [-0.2, -0.15) is 0 Å². The van der Waals surface area contributed by atoms with E-state index in [1.807, 2.05) is 24.3 Å². The van der Waals surface area contributed by atoms with Crippen LogP contribution in [0.2, 0.25) is 0 Å². The van der Waals surface area contributed by atoms with E-state index >= 15 is 0 Å². The summed E-state index contributed by atoms with van der Waals surface area (Å²) in [4.78, 5) is 12.8. The van der Waals surface area contributed by atoms with Crippen LogP contribution in [0.4, 0.5) is 0 Å². The van der Waals surface area contributed by atoms with Crippen LogP contribution in [0.5, 0.6) is 0 Å². The Bertz CT molecular complexity index is 410. The number of methoxy groups -OCH3 is 1. The van der Waals surface area contributed by atoms with Crippen LogP contribution in [0.3, 0.4) is 0 Å². The molecular weight excluding hydrogens is 376 g/mol. The second-order valence-corrected chi connectivity index (χ2v) is 6.11. The maximum absolute atomic E-state index is 11.6. The van der Waals surface area contributed by atoms with Gasteiger partial charge in [-0.05, 0) is 28.1 Å². The first-order valence-electron chi connectivity index (χ1n) is 6.57. The van der Waals surface area contributed by atoms with E-state index < -0.39 is 0 Å². The highest BCUT2D eigenvalue weighted by Crippen LogP contribution is 2.27. The van der Waals surface area contributed by atoms with E-state index in [0.29, 0.717) is 19.6 Å². The number of carbonyl (C=O) groups excluding carboxylic acids is 1. The molecule has 120 valence electrons. The Morgan fingerprint density at radius 1 is 1.29 bits per heavy atom. The first-order chi connectivity index (χ1) is 9.74. The normalized spacial score (nSPS) is 10.0. The Hall–Kier alpha value is -0.270. The number of rotatable bonds is 10. The van der Waals surface area contributed by atoms with Gasteiger partial charge in [0.05, 0.1) is 6.61 Å². The van der Waals surface area contributed by atoms with E-state index in [4.69, 9.17) is 4.74 Å². The number of hydrogen-bond donors (Lipinski definition) is 2. The molecular formula is C14H22BrClN2O2S. The van der Waals surface area contributed by atoms with Gasteiger partial charge in [0.1, 0.15) is 0 Å². The maximum Gasteiger partial charge on any atom is 0.220 e. The Labute approximate surface area is 145 Å². The number of ether oxygens (including phenoxy) is 1. The summed E-state index contributed by atoms with van der Waals surface area (Å²) in [6, 6.07) is 8.04. The quantitative estimate of drug-likeness (QED) is 0.471. The fourth-order valence-electron chi connectivity index (χ4n) is 1.49. The molecule has 21 heavy (non-hydrogen) atoms. The zero-order valence-corrected chi connectivity index (χ0v) is 15.3. The van der Waals surface area contributed by atoms with Gasteiger partial charge < -0.3 is 15.4 Å². The molecule has 0 aliphatic carbocycles. The molecule has 0 saturated heterocycles. The molecule has 1 rings (SSSR count). The van der Waals surface area contributed by atoms with Crippen LogP contribution in [0.15, 0.2) is 33.6 Å². The minimum atomic E-state index is 0. The fourth-order valence-corrected chi connectivity index (χ4v) is 3.01. The van der Waals surface area contributed by atoms with Crippen molar-refractivity contribution in [2.24, 2.45) is 0 Å². The van der Waals surface area contributed by atoms with Gasteiger partial charge in [0.25, 0.3) is 0 Å². The summed E-state index contributed by atoms with van der Waals surface area (Å²) in [5.41, 5.74) is 0. The molecule has 0 saturated carbocycles. The van der Waals surface area contributed by atoms with Crippen molar-refractivity contribution in [3.05, 3.63) is 28.7 Å². The van der Waals surface area contributed by atoms with Crippen LogP contribution in [0.25, 0.3) is 0 Å². The summed E-state index contributed by atoms with van der Waals surface area (Å²) in [5, 5.41) is 6.07. The Morgan fingerprint density at radius 2 is 2.05 bits per heavy atom. The van der Waals surface area contributed by atoms with Crippen LogP contribution < -0.4 is 10.6 Å². The summed E-state index contributed by atoms with van der Waals surface area (Å²) < 4.78 is 5.99. The van der Waals surface area contributed by atoms with Crippen LogP contribution >= 0.6 is 40.1 Å². The molecule has 0 radical (unpaired) electrons. The van der Waals surface area contributed by atoms with Crippen molar-refractivity contribution in [3.63, 3.8) is 0 Å². The molecule has 0 fully saturated rings. The number of hydrogen-bond acceptors (Lipinski definition) is 4. The zero-order valence-electron chi connectivity index (χ0n) is 12.1. The smallest absolute Gasteiger partial charge is 0.220 e. The Balaban J connectivity index is 0.00000400. The van der Waals surface area contributed by atoms with Crippen molar-refractivity contribution in [3.8, 4) is 0 Å². The lowest BCUT2D eigenvalue weighted by Crippen LogP contribution is -2.33. The molecule has 0 unspecified atom stereocenters. The number of carbonyl (C=O) groups is 1. The van der Waals surface area contributed by atoms with E-state index in [-0.39, 0.29) is 18.3 Å². The molecule has 0 heterocycles. The maximum atomic E-state index is 11.6. The lowest BCUT2D eigenvalue weighted by Gasteiger charge is -2.07. The SMILES string of the molecule is COCCNCCNC(=O)CCSc1ccccc1Br.Cl. The number of nitrogens with one attached hydrogen (secondary N) is 2. The third kappa shape index (κ3) is 10.1. The summed E-state index contributed by atoms with van der Waals surface area (Å²) in [7, 11) is 1.67. The molecule has 1 aromatic rings. The highest BCUT2D eigenvalue weighted by molar-refractivity contribution is 9.10. The molecule has 1 aromatic carbocycles. The largest absolute Gasteiger partial charge is 0.383 e. The topological polar surface area (TPSA) is 50.4 Å². The number of amides is 1. The highest BCUT2D eigenvalue weighted by Gasteiger charge is 2.03. The van der Waals surface area contributed by atoms with Gasteiger partial charge in [-0.25, -0.2) is 0 Å². The van der Waals surface area contributed by atoms with Gasteiger partial charge in [0.15, 0.2) is 0 Å². The van der Waals surface area contributed by atoms with Gasteiger partial charge >= 0.3 is 0 Å². The van der Waals surface area contributed by atoms with Crippen molar-refractivity contribution in [2.75, 3.05) is 39.1 Å². The molecule has 0 aliphatic heterocycles. The first kappa shape index (κ1) is 20.7. The molecule has 1 amide bonds. The standard InChI is InChI=1S/C14H21BrN2O2S.ClH/c1-19-10-9-16-7-8-17-14(18)6-11-20-13-5-3-2-4-12(13)15;/h2-5,16H,6-11H2,1H3,(H,17,18);1H. The average molecular weight is 398 g/mol. The fraction of sp³-hybridized carbons (Fsp3) is 0.500. The molecule has 0 atom stereocenters. The van der Waals surface area contributed by atoms with Crippen LogP contribution in [-0.2, 0) is 9.53 Å². The van der Waals surface area contributed by atoms with E-state index in [9.17, 15) is 4.79 Å². The third-order valence-corrected chi connectivity index (χ3v) is 4.56. The Morgan fingerprint density at radius 3 is 2.76 bits per heavy atom. The molecule has 7 heteroatoms. The molecule has 2 N–H and O–H groups in total. The van der Waals surface area contributed by atoms with Gasteiger partial charge in [-0.15, -0.1) is 24.2 Å². The van der Waals surface area contributed by atoms with E-state index in [1.165, 1.54) is 4.90 Å². The summed E-state index contributed by atoms with van der Waals surface area (Å²) in [6.07, 6.45) is 0.532. The summed E-state index contributed by atoms with van der Waals surface area (Å²) in [6.45, 7) is 2.93. The predicted octanol–water partition coefficient (Wildman–Crippen LogP) is 2.71. The van der Waals surface area contributed by atoms with Gasteiger partial charge in [0, 0.05) is 48.3 Å². The molecule has 4 nitrogen and oxygen atoms in total. The van der Waals surface area contributed by atoms with Crippen LogP contribution in [0.1, 0.15) is 6.42 Å². The zero-order chi connectivity index (χ0) is 14.6. The average Bonchev–Trinajstić information content (AvgIpc) is 2.45. The summed E-state index contributed by atoms with van der Waals surface area (Å²) in [5.74, 6) is 0.879. The first-order valence-corrected chi connectivity index (χ1v) is 8.35. The number of thioether (sulfide) groups is 1. The molecule has 0 aliphatic rings. The number of halogens is 2. The van der Waals surface area contributed by atoms with Gasteiger partial charge in [-0.3, -0.25) is 4.79 Å².